The van der Waals surface area contributed by atoms with Crippen LogP contribution < -0.4 is 0 Å². The van der Waals surface area contributed by atoms with Crippen molar-refractivity contribution in [2.45, 2.75) is 32.1 Å². The van der Waals surface area contributed by atoms with Crippen LogP contribution in [0.2, 0.25) is 0 Å². The molecule has 1 aromatic carbocycles. The molecule has 0 saturated carbocycles. The molecule has 0 fully saturated rings. The molecule has 0 aliphatic heterocycles. The molecule has 98 valence electrons. The van der Waals surface area contributed by atoms with E-state index in [1.54, 1.807) is 18.2 Å². The topological polar surface area (TPSA) is 60.4 Å². The summed E-state index contributed by atoms with van der Waals surface area (Å²) in [5.41, 5.74) is 1.22. The lowest BCUT2D eigenvalue weighted by Crippen LogP contribution is -2.14. The molecule has 0 radical (unpaired) electrons. The van der Waals surface area contributed by atoms with Gasteiger partial charge in [-0.05, 0) is 32.4 Å². The molecule has 0 N–H and O–H groups in total. The number of hydrogen-bond donors (Lipinski definition) is 0. The third-order valence-corrected chi connectivity index (χ3v) is 3.55. The molecule has 0 saturated heterocycles. The minimum atomic E-state index is -4.03. The number of allylic oxidation sites excluding steroid dienone is 1. The molecule has 18 heavy (non-hydrogen) atoms. The van der Waals surface area contributed by atoms with E-state index in [0.717, 1.165) is 5.56 Å². The smallest absolute Gasteiger partial charge is 0.338 e. The predicted molar refractivity (Wildman–Crippen MR) is 68.5 cm³/mol. The van der Waals surface area contributed by atoms with E-state index in [2.05, 4.69) is 4.18 Å². The Kier molecular flexibility index (Phi) is 4.67. The van der Waals surface area contributed by atoms with Crippen LogP contribution in [-0.2, 0) is 19.1 Å². The van der Waals surface area contributed by atoms with Crippen LogP contribution in [0, 0.1) is 6.92 Å². The lowest BCUT2D eigenvalue weighted by molar-refractivity contribution is -0.129. The minimum Gasteiger partial charge on any atom is -0.338 e. The first-order valence-corrected chi connectivity index (χ1v) is 7.00. The van der Waals surface area contributed by atoms with Crippen molar-refractivity contribution < 1.29 is 17.4 Å². The fourth-order valence-electron chi connectivity index (χ4n) is 1.31. The number of aryl methyl sites for hydroxylation is 1. The molecular weight excluding hydrogens is 252 g/mol. The van der Waals surface area contributed by atoms with Crippen molar-refractivity contribution in [1.82, 2.24) is 0 Å². The summed E-state index contributed by atoms with van der Waals surface area (Å²) in [5.74, 6) is -0.836. The van der Waals surface area contributed by atoms with E-state index in [4.69, 9.17) is 0 Å². The Hall–Kier alpha value is -1.62. The van der Waals surface area contributed by atoms with Crippen molar-refractivity contribution in [2.75, 3.05) is 0 Å². The first-order chi connectivity index (χ1) is 8.36. The first kappa shape index (κ1) is 14.4. The van der Waals surface area contributed by atoms with Crippen molar-refractivity contribution >= 4 is 16.1 Å². The van der Waals surface area contributed by atoms with Crippen LogP contribution >= 0.6 is 0 Å². The van der Waals surface area contributed by atoms with Crippen molar-refractivity contribution in [1.29, 1.82) is 0 Å². The summed E-state index contributed by atoms with van der Waals surface area (Å²) < 4.78 is 28.1. The van der Waals surface area contributed by atoms with Gasteiger partial charge in [0.1, 0.15) is 4.90 Å². The average Bonchev–Trinajstić information content (AvgIpc) is 2.29. The second kappa shape index (κ2) is 5.82. The molecule has 1 aromatic rings. The highest BCUT2D eigenvalue weighted by Crippen LogP contribution is 2.15. The zero-order valence-electron chi connectivity index (χ0n) is 10.6. The van der Waals surface area contributed by atoms with Crippen LogP contribution in [0.5, 0.6) is 0 Å². The number of benzene rings is 1. The van der Waals surface area contributed by atoms with Crippen LogP contribution in [0.1, 0.15) is 25.8 Å². The molecule has 0 atom stereocenters. The van der Waals surface area contributed by atoms with E-state index in [1.165, 1.54) is 19.1 Å². The van der Waals surface area contributed by atoms with Gasteiger partial charge in [0, 0.05) is 5.57 Å². The van der Waals surface area contributed by atoms with Crippen molar-refractivity contribution in [3.8, 4) is 0 Å². The number of carbonyl (C=O) groups excluding carboxylic acids is 1. The maximum Gasteiger partial charge on any atom is 0.349 e. The van der Waals surface area contributed by atoms with Gasteiger partial charge < -0.3 is 4.18 Å². The van der Waals surface area contributed by atoms with Gasteiger partial charge in [0.25, 0.3) is 0 Å². The van der Waals surface area contributed by atoms with Crippen molar-refractivity contribution in [3.63, 3.8) is 0 Å². The summed E-state index contributed by atoms with van der Waals surface area (Å²) in [6, 6.07) is 6.12. The Morgan fingerprint density at radius 3 is 2.33 bits per heavy atom. The second-order valence-electron chi connectivity index (χ2n) is 3.93. The Morgan fingerprint density at radius 1 is 1.28 bits per heavy atom. The third-order valence-electron chi connectivity index (χ3n) is 2.33. The number of rotatable bonds is 4. The van der Waals surface area contributed by atoms with Crippen LogP contribution in [0.4, 0.5) is 0 Å². The van der Waals surface area contributed by atoms with Crippen molar-refractivity contribution in [2.24, 2.45) is 0 Å². The van der Waals surface area contributed by atoms with E-state index >= 15 is 0 Å². The van der Waals surface area contributed by atoms with Crippen LogP contribution in [0.25, 0.3) is 0 Å². The van der Waals surface area contributed by atoms with Gasteiger partial charge in [0.2, 0.25) is 0 Å². The molecule has 4 nitrogen and oxygen atoms in total. The molecule has 1 rings (SSSR count). The van der Waals surface area contributed by atoms with Crippen LogP contribution in [0.15, 0.2) is 40.8 Å². The number of carbonyl (C=O) groups is 1. The fraction of sp³-hybridized carbons (Fsp3) is 0.308. The minimum absolute atomic E-state index is 0.0225. The standard InChI is InChI=1S/C13H16O4S/c1-4-5-11(3)13(14)17-18(15,16)12-8-6-10(2)7-9-12/h5-9H,4H2,1-3H3. The highest BCUT2D eigenvalue weighted by molar-refractivity contribution is 7.87. The second-order valence-corrected chi connectivity index (χ2v) is 5.48. The zero-order valence-corrected chi connectivity index (χ0v) is 11.5. The quantitative estimate of drug-likeness (QED) is 0.622. The van der Waals surface area contributed by atoms with Gasteiger partial charge in [-0.2, -0.15) is 8.42 Å². The van der Waals surface area contributed by atoms with E-state index < -0.39 is 16.1 Å². The normalized spacial score (nSPS) is 12.3. The summed E-state index contributed by atoms with van der Waals surface area (Å²) in [4.78, 5) is 11.5. The van der Waals surface area contributed by atoms with E-state index in [1.807, 2.05) is 13.8 Å². The van der Waals surface area contributed by atoms with E-state index in [0.29, 0.717) is 6.42 Å². The lowest BCUT2D eigenvalue weighted by atomic mass is 10.2. The molecule has 0 amide bonds. The van der Waals surface area contributed by atoms with Gasteiger partial charge in [-0.3, -0.25) is 0 Å². The molecule has 5 heteroatoms. The van der Waals surface area contributed by atoms with E-state index in [9.17, 15) is 13.2 Å². The molecule has 0 unspecified atom stereocenters. The monoisotopic (exact) mass is 268 g/mol. The summed E-state index contributed by atoms with van der Waals surface area (Å²) in [7, 11) is -4.03. The molecule has 0 aromatic heterocycles. The molecule has 0 bridgehead atoms. The molecule has 0 aliphatic rings. The maximum atomic E-state index is 11.8. The lowest BCUT2D eigenvalue weighted by Gasteiger charge is -2.06. The summed E-state index contributed by atoms with van der Waals surface area (Å²) >= 11 is 0. The average molecular weight is 268 g/mol. The van der Waals surface area contributed by atoms with Gasteiger partial charge in [-0.25, -0.2) is 4.79 Å². The Morgan fingerprint density at radius 2 is 1.83 bits per heavy atom. The first-order valence-electron chi connectivity index (χ1n) is 5.59. The van der Waals surface area contributed by atoms with Crippen LogP contribution in [-0.4, -0.2) is 14.4 Å². The summed E-state index contributed by atoms with van der Waals surface area (Å²) in [6.07, 6.45) is 2.26. The predicted octanol–water partition coefficient (Wildman–Crippen LogP) is 2.58. The molecular formula is C13H16O4S. The fourth-order valence-corrected chi connectivity index (χ4v) is 2.20. The summed E-state index contributed by atoms with van der Waals surface area (Å²) in [5, 5.41) is 0. The Bertz CT molecular complexity index is 553. The molecule has 0 aliphatic carbocycles. The largest absolute Gasteiger partial charge is 0.349 e. The van der Waals surface area contributed by atoms with Gasteiger partial charge in [-0.1, -0.05) is 30.7 Å². The van der Waals surface area contributed by atoms with Gasteiger partial charge in [0.15, 0.2) is 0 Å². The Balaban J connectivity index is 2.93. The Labute approximate surface area is 107 Å². The van der Waals surface area contributed by atoms with Gasteiger partial charge in [-0.15, -0.1) is 0 Å². The van der Waals surface area contributed by atoms with Crippen LogP contribution in [0.3, 0.4) is 0 Å². The highest BCUT2D eigenvalue weighted by Gasteiger charge is 2.20. The highest BCUT2D eigenvalue weighted by atomic mass is 32.2. The maximum absolute atomic E-state index is 11.8. The molecule has 0 spiro atoms. The summed E-state index contributed by atoms with van der Waals surface area (Å²) in [6.45, 7) is 5.22. The van der Waals surface area contributed by atoms with Gasteiger partial charge >= 0.3 is 16.1 Å². The number of hydrogen-bond acceptors (Lipinski definition) is 4. The third kappa shape index (κ3) is 3.70. The van der Waals surface area contributed by atoms with Crippen molar-refractivity contribution in [3.05, 3.63) is 41.5 Å². The van der Waals surface area contributed by atoms with Gasteiger partial charge in [0.05, 0.1) is 0 Å². The van der Waals surface area contributed by atoms with E-state index in [-0.39, 0.29) is 10.5 Å². The molecule has 0 heterocycles. The zero-order chi connectivity index (χ0) is 13.8. The SMILES string of the molecule is CCC=C(C)C(=O)OS(=O)(=O)c1ccc(C)cc1.